The van der Waals surface area contributed by atoms with Gasteiger partial charge in [0.2, 0.25) is 5.91 Å². The zero-order chi connectivity index (χ0) is 18.6. The second-order valence-electron chi connectivity index (χ2n) is 5.61. The smallest absolute Gasteiger partial charge is 0.282 e. The molecule has 2 rings (SSSR count). The molecule has 0 saturated heterocycles. The summed E-state index contributed by atoms with van der Waals surface area (Å²) in [6.45, 7) is 4.17. The third-order valence-electron chi connectivity index (χ3n) is 3.54. The van der Waals surface area contributed by atoms with E-state index in [4.69, 9.17) is 0 Å². The van der Waals surface area contributed by atoms with E-state index in [0.717, 1.165) is 11.4 Å². The van der Waals surface area contributed by atoms with Crippen LogP contribution >= 0.6 is 0 Å². The summed E-state index contributed by atoms with van der Waals surface area (Å²) in [6, 6.07) is 2.55. The van der Waals surface area contributed by atoms with Gasteiger partial charge in [0.05, 0.1) is 5.69 Å². The Morgan fingerprint density at radius 1 is 1.12 bits per heavy atom. The lowest BCUT2D eigenvalue weighted by Crippen LogP contribution is -2.30. The Kier molecular flexibility index (Phi) is 6.16. The number of hydrogen-bond donors (Lipinski definition) is 1. The van der Waals surface area contributed by atoms with Crippen molar-refractivity contribution in [2.45, 2.75) is 46.2 Å². The van der Waals surface area contributed by atoms with Gasteiger partial charge in [0, 0.05) is 18.8 Å². The highest BCUT2D eigenvalue weighted by atomic mass is 19.3. The van der Waals surface area contributed by atoms with Gasteiger partial charge in [0.1, 0.15) is 17.9 Å². The van der Waals surface area contributed by atoms with Crippen molar-refractivity contribution in [1.82, 2.24) is 24.9 Å². The predicted molar refractivity (Wildman–Crippen MR) is 81.5 cm³/mol. The molecule has 0 radical (unpaired) electrons. The molecule has 0 spiro atoms. The largest absolute Gasteiger partial charge is 0.354 e. The van der Waals surface area contributed by atoms with Crippen LogP contribution in [0.3, 0.4) is 0 Å². The summed E-state index contributed by atoms with van der Waals surface area (Å²) in [5.74, 6) is -0.570. The van der Waals surface area contributed by atoms with Gasteiger partial charge in [-0.3, -0.25) is 14.2 Å². The van der Waals surface area contributed by atoms with Crippen molar-refractivity contribution in [3.8, 4) is 0 Å². The molecule has 1 N–H and O–H groups in total. The average molecular weight is 361 g/mol. The first-order valence-corrected chi connectivity index (χ1v) is 7.69. The van der Waals surface area contributed by atoms with Crippen LogP contribution in [0.4, 0.5) is 17.6 Å². The third kappa shape index (κ3) is 5.04. The first-order valence-electron chi connectivity index (χ1n) is 7.69. The van der Waals surface area contributed by atoms with E-state index in [2.05, 4.69) is 15.5 Å². The number of halogens is 4. The lowest BCUT2D eigenvalue weighted by molar-refractivity contribution is -0.121. The number of hydrogen-bond acceptors (Lipinski definition) is 3. The molecule has 1 amide bonds. The molecule has 6 nitrogen and oxygen atoms in total. The summed E-state index contributed by atoms with van der Waals surface area (Å²) in [4.78, 5) is 11.8. The number of carbonyl (C=O) groups excluding carboxylic acids is 1. The summed E-state index contributed by atoms with van der Waals surface area (Å²) in [5, 5.41) is 10.2. The Morgan fingerprint density at radius 2 is 1.84 bits per heavy atom. The molecule has 25 heavy (non-hydrogen) atoms. The molecule has 2 aromatic heterocycles. The van der Waals surface area contributed by atoms with Gasteiger partial charge in [-0.15, -0.1) is 0 Å². The Bertz CT molecular complexity index is 726. The average Bonchev–Trinajstić information content (AvgIpc) is 3.07. The fourth-order valence-corrected chi connectivity index (χ4v) is 2.41. The molecular weight excluding hydrogens is 342 g/mol. The maximum atomic E-state index is 12.8. The molecule has 2 heterocycles. The molecule has 0 atom stereocenters. The van der Waals surface area contributed by atoms with Crippen molar-refractivity contribution in [1.29, 1.82) is 0 Å². The number of carbonyl (C=O) groups is 1. The molecule has 0 aliphatic rings. The summed E-state index contributed by atoms with van der Waals surface area (Å²) in [5.41, 5.74) is 0.428. The van der Waals surface area contributed by atoms with E-state index in [1.54, 1.807) is 4.68 Å². The minimum atomic E-state index is -2.99. The van der Waals surface area contributed by atoms with Crippen molar-refractivity contribution in [2.24, 2.45) is 0 Å². The summed E-state index contributed by atoms with van der Waals surface area (Å²) >= 11 is 0. The van der Waals surface area contributed by atoms with Crippen LogP contribution in [0.15, 0.2) is 12.1 Å². The fraction of sp³-hybridized carbons (Fsp3) is 0.533. The minimum Gasteiger partial charge on any atom is -0.354 e. The Balaban J connectivity index is 1.85. The van der Waals surface area contributed by atoms with Crippen LogP contribution in [0, 0.1) is 13.8 Å². The van der Waals surface area contributed by atoms with Crippen LogP contribution in [0.25, 0.3) is 0 Å². The van der Waals surface area contributed by atoms with E-state index >= 15 is 0 Å². The van der Waals surface area contributed by atoms with Gasteiger partial charge in [-0.25, -0.2) is 17.6 Å². The van der Waals surface area contributed by atoms with E-state index < -0.39 is 36.7 Å². The summed E-state index contributed by atoms with van der Waals surface area (Å²) < 4.78 is 53.3. The zero-order valence-corrected chi connectivity index (χ0v) is 13.8. The van der Waals surface area contributed by atoms with E-state index in [1.165, 1.54) is 0 Å². The Hall–Kier alpha value is -2.39. The second-order valence-corrected chi connectivity index (χ2v) is 5.61. The van der Waals surface area contributed by atoms with E-state index in [1.807, 2.05) is 19.9 Å². The summed E-state index contributed by atoms with van der Waals surface area (Å²) in [7, 11) is 0. The lowest BCUT2D eigenvalue weighted by Gasteiger charge is -2.09. The normalized spacial score (nSPS) is 11.5. The van der Waals surface area contributed by atoms with Crippen molar-refractivity contribution in [2.75, 3.05) is 6.54 Å². The predicted octanol–water partition coefficient (Wildman–Crippen LogP) is 2.78. The van der Waals surface area contributed by atoms with Crippen LogP contribution in [-0.2, 0) is 17.9 Å². The van der Waals surface area contributed by atoms with Crippen LogP contribution in [0.1, 0.15) is 42.0 Å². The number of nitrogens with one attached hydrogen (secondary N) is 1. The van der Waals surface area contributed by atoms with Gasteiger partial charge >= 0.3 is 0 Å². The molecule has 138 valence electrons. The number of amides is 1. The quantitative estimate of drug-likeness (QED) is 0.581. The number of aryl methyl sites for hydroxylation is 3. The maximum Gasteiger partial charge on any atom is 0.282 e. The molecule has 0 aliphatic carbocycles. The highest BCUT2D eigenvalue weighted by molar-refractivity contribution is 5.75. The minimum absolute atomic E-state index is 0.310. The molecule has 0 fully saturated rings. The molecule has 0 bridgehead atoms. The molecule has 0 saturated carbocycles. The van der Waals surface area contributed by atoms with Crippen molar-refractivity contribution >= 4 is 5.91 Å². The molecule has 0 unspecified atom stereocenters. The fourth-order valence-electron chi connectivity index (χ4n) is 2.41. The molecule has 0 aliphatic heterocycles. The number of alkyl halides is 4. The first-order chi connectivity index (χ1) is 11.8. The monoisotopic (exact) mass is 361 g/mol. The van der Waals surface area contributed by atoms with E-state index in [0.29, 0.717) is 30.3 Å². The van der Waals surface area contributed by atoms with Crippen LogP contribution in [0.2, 0.25) is 0 Å². The van der Waals surface area contributed by atoms with Gasteiger partial charge in [-0.05, 0) is 32.4 Å². The van der Waals surface area contributed by atoms with Crippen molar-refractivity contribution in [3.05, 3.63) is 34.9 Å². The molecule has 2 aromatic rings. The van der Waals surface area contributed by atoms with Crippen molar-refractivity contribution < 1.29 is 22.4 Å². The SMILES string of the molecule is Cc1cc(C)n(CCCNC(=O)Cn2nc(C(F)F)cc2C(F)F)n1. The van der Waals surface area contributed by atoms with Gasteiger partial charge in [0.15, 0.2) is 0 Å². The highest BCUT2D eigenvalue weighted by Gasteiger charge is 2.22. The molecule has 0 aromatic carbocycles. The van der Waals surface area contributed by atoms with Crippen LogP contribution < -0.4 is 5.32 Å². The summed E-state index contributed by atoms with van der Waals surface area (Å²) in [6.07, 6.45) is -5.36. The van der Waals surface area contributed by atoms with Crippen LogP contribution in [-0.4, -0.2) is 32.0 Å². The molecular formula is C15H19F4N5O. The van der Waals surface area contributed by atoms with E-state index in [9.17, 15) is 22.4 Å². The number of nitrogens with zero attached hydrogens (tertiary/aromatic N) is 4. The standard InChI is InChI=1S/C15H19F4N5O/c1-9-6-10(2)23(21-9)5-3-4-20-13(25)8-24-12(15(18)19)7-11(22-24)14(16)17/h6-7,14-15H,3-5,8H2,1-2H3,(H,20,25). The topological polar surface area (TPSA) is 64.7 Å². The van der Waals surface area contributed by atoms with Crippen LogP contribution in [0.5, 0.6) is 0 Å². The highest BCUT2D eigenvalue weighted by Crippen LogP contribution is 2.24. The van der Waals surface area contributed by atoms with Gasteiger partial charge < -0.3 is 5.32 Å². The second kappa shape index (κ2) is 8.13. The Labute approximate surface area is 141 Å². The number of rotatable bonds is 8. The zero-order valence-electron chi connectivity index (χ0n) is 13.8. The first kappa shape index (κ1) is 18.9. The van der Waals surface area contributed by atoms with Gasteiger partial charge in [0.25, 0.3) is 12.9 Å². The Morgan fingerprint density at radius 3 is 2.40 bits per heavy atom. The van der Waals surface area contributed by atoms with Crippen molar-refractivity contribution in [3.63, 3.8) is 0 Å². The maximum absolute atomic E-state index is 12.8. The van der Waals surface area contributed by atoms with E-state index in [-0.39, 0.29) is 0 Å². The lowest BCUT2D eigenvalue weighted by atomic mass is 10.3. The molecule has 10 heteroatoms. The van der Waals surface area contributed by atoms with Gasteiger partial charge in [-0.2, -0.15) is 10.2 Å². The van der Waals surface area contributed by atoms with Gasteiger partial charge in [-0.1, -0.05) is 0 Å². The third-order valence-corrected chi connectivity index (χ3v) is 3.54. The number of aromatic nitrogens is 4.